The number of nitrogens with two attached hydrogens (primary N) is 1. The monoisotopic (exact) mass is 275 g/mol. The molecule has 2 N–H and O–H groups in total. The average molecular weight is 275 g/mol. The summed E-state index contributed by atoms with van der Waals surface area (Å²) in [5.41, 5.74) is 6.37. The Balaban J connectivity index is 2.25. The standard InChI is InChI=1S/C16H25N3O/c1-14(2)13-19(10-3-9-17)11-4-12-20-16-7-5-15(18)6-8-16/h5-8,14H,3-4,10-13,18H2,1-2H3. The first-order valence-corrected chi connectivity index (χ1v) is 7.19. The highest BCUT2D eigenvalue weighted by Crippen LogP contribution is 2.13. The van der Waals surface area contributed by atoms with E-state index in [9.17, 15) is 0 Å². The number of hydrogen-bond donors (Lipinski definition) is 1. The molecule has 0 heterocycles. The lowest BCUT2D eigenvalue weighted by molar-refractivity contribution is 0.219. The molecule has 20 heavy (non-hydrogen) atoms. The van der Waals surface area contributed by atoms with Gasteiger partial charge in [0.05, 0.1) is 12.7 Å². The number of rotatable bonds is 9. The van der Waals surface area contributed by atoms with Gasteiger partial charge in [0.2, 0.25) is 0 Å². The zero-order valence-corrected chi connectivity index (χ0v) is 12.5. The average Bonchev–Trinajstić information content (AvgIpc) is 2.42. The molecule has 0 aliphatic heterocycles. The van der Waals surface area contributed by atoms with Crippen LogP contribution in [0.5, 0.6) is 5.75 Å². The van der Waals surface area contributed by atoms with Gasteiger partial charge < -0.3 is 15.4 Å². The Morgan fingerprint density at radius 1 is 1.25 bits per heavy atom. The molecule has 0 atom stereocenters. The predicted molar refractivity (Wildman–Crippen MR) is 82.5 cm³/mol. The highest BCUT2D eigenvalue weighted by molar-refractivity contribution is 5.41. The van der Waals surface area contributed by atoms with Crippen LogP contribution in [0.15, 0.2) is 24.3 Å². The molecule has 0 aromatic heterocycles. The first kappa shape index (κ1) is 16.3. The summed E-state index contributed by atoms with van der Waals surface area (Å²) >= 11 is 0. The van der Waals surface area contributed by atoms with Crippen LogP contribution in [-0.2, 0) is 0 Å². The zero-order chi connectivity index (χ0) is 14.8. The van der Waals surface area contributed by atoms with E-state index >= 15 is 0 Å². The quantitative estimate of drug-likeness (QED) is 0.556. The van der Waals surface area contributed by atoms with Crippen molar-refractivity contribution < 1.29 is 4.74 Å². The maximum atomic E-state index is 8.68. The van der Waals surface area contributed by atoms with E-state index < -0.39 is 0 Å². The fraction of sp³-hybridized carbons (Fsp3) is 0.562. The molecule has 0 aliphatic carbocycles. The summed E-state index contributed by atoms with van der Waals surface area (Å²) in [5, 5.41) is 8.68. The van der Waals surface area contributed by atoms with Crippen molar-refractivity contribution in [3.05, 3.63) is 24.3 Å². The van der Waals surface area contributed by atoms with E-state index in [2.05, 4.69) is 24.8 Å². The summed E-state index contributed by atoms with van der Waals surface area (Å²) in [6.45, 7) is 7.93. The van der Waals surface area contributed by atoms with Crippen LogP contribution in [0.25, 0.3) is 0 Å². The summed E-state index contributed by atoms with van der Waals surface area (Å²) < 4.78 is 5.67. The SMILES string of the molecule is CC(C)CN(CCC#N)CCCOc1ccc(N)cc1. The molecule has 1 aromatic rings. The lowest BCUT2D eigenvalue weighted by Gasteiger charge is -2.23. The topological polar surface area (TPSA) is 62.3 Å². The third-order valence-corrected chi connectivity index (χ3v) is 2.93. The second-order valence-corrected chi connectivity index (χ2v) is 5.37. The predicted octanol–water partition coefficient (Wildman–Crippen LogP) is 2.91. The molecule has 0 fully saturated rings. The molecule has 110 valence electrons. The molecular formula is C16H25N3O. The van der Waals surface area contributed by atoms with Crippen LogP contribution in [0.4, 0.5) is 5.69 Å². The molecule has 0 saturated heterocycles. The summed E-state index contributed by atoms with van der Waals surface area (Å²) in [4.78, 5) is 2.33. The molecule has 4 nitrogen and oxygen atoms in total. The Hall–Kier alpha value is -1.73. The van der Waals surface area contributed by atoms with Gasteiger partial charge in [-0.2, -0.15) is 5.26 Å². The smallest absolute Gasteiger partial charge is 0.119 e. The van der Waals surface area contributed by atoms with Crippen molar-refractivity contribution in [3.8, 4) is 11.8 Å². The van der Waals surface area contributed by atoms with Crippen molar-refractivity contribution in [1.82, 2.24) is 4.90 Å². The lowest BCUT2D eigenvalue weighted by Crippen LogP contribution is -2.30. The molecule has 0 amide bonds. The van der Waals surface area contributed by atoms with Gasteiger partial charge in [0.25, 0.3) is 0 Å². The zero-order valence-electron chi connectivity index (χ0n) is 12.5. The second-order valence-electron chi connectivity index (χ2n) is 5.37. The van der Waals surface area contributed by atoms with E-state index in [4.69, 9.17) is 15.7 Å². The Morgan fingerprint density at radius 3 is 2.55 bits per heavy atom. The largest absolute Gasteiger partial charge is 0.494 e. The number of benzene rings is 1. The minimum absolute atomic E-state index is 0.589. The number of nitriles is 1. The Bertz CT molecular complexity index is 409. The molecule has 1 aromatic carbocycles. The molecular weight excluding hydrogens is 250 g/mol. The van der Waals surface area contributed by atoms with Crippen LogP contribution in [0.3, 0.4) is 0 Å². The molecule has 0 bridgehead atoms. The highest BCUT2D eigenvalue weighted by Gasteiger charge is 2.06. The van der Waals surface area contributed by atoms with Gasteiger partial charge in [-0.1, -0.05) is 13.8 Å². The Morgan fingerprint density at radius 2 is 1.95 bits per heavy atom. The summed E-state index contributed by atoms with van der Waals surface area (Å²) in [6.07, 6.45) is 1.55. The number of nitrogen functional groups attached to an aromatic ring is 1. The van der Waals surface area contributed by atoms with Gasteiger partial charge in [0, 0.05) is 31.7 Å². The van der Waals surface area contributed by atoms with E-state index in [1.165, 1.54) is 0 Å². The van der Waals surface area contributed by atoms with Crippen LogP contribution in [0.1, 0.15) is 26.7 Å². The van der Waals surface area contributed by atoms with E-state index in [-0.39, 0.29) is 0 Å². The molecule has 0 radical (unpaired) electrons. The highest BCUT2D eigenvalue weighted by atomic mass is 16.5. The van der Waals surface area contributed by atoms with E-state index in [1.807, 2.05) is 24.3 Å². The van der Waals surface area contributed by atoms with Crippen LogP contribution in [0.2, 0.25) is 0 Å². The van der Waals surface area contributed by atoms with Crippen molar-refractivity contribution >= 4 is 5.69 Å². The number of nitrogens with zero attached hydrogens (tertiary/aromatic N) is 2. The second kappa shape index (κ2) is 9.22. The third-order valence-electron chi connectivity index (χ3n) is 2.93. The van der Waals surface area contributed by atoms with Gasteiger partial charge in [-0.15, -0.1) is 0 Å². The Kier molecular flexibility index (Phi) is 7.52. The minimum atomic E-state index is 0.589. The number of ether oxygens (including phenoxy) is 1. The van der Waals surface area contributed by atoms with Crippen molar-refractivity contribution in [3.63, 3.8) is 0 Å². The van der Waals surface area contributed by atoms with Crippen molar-refractivity contribution in [2.24, 2.45) is 5.92 Å². The van der Waals surface area contributed by atoms with Gasteiger partial charge in [0.15, 0.2) is 0 Å². The molecule has 0 saturated carbocycles. The fourth-order valence-corrected chi connectivity index (χ4v) is 2.06. The summed E-state index contributed by atoms with van der Waals surface area (Å²) in [6, 6.07) is 9.66. The first-order chi connectivity index (χ1) is 9.61. The molecule has 1 rings (SSSR count). The van der Waals surface area contributed by atoms with Gasteiger partial charge in [-0.3, -0.25) is 0 Å². The molecule has 0 aliphatic rings. The maximum absolute atomic E-state index is 8.68. The van der Waals surface area contributed by atoms with Crippen LogP contribution >= 0.6 is 0 Å². The summed E-state index contributed by atoms with van der Waals surface area (Å²) in [5.74, 6) is 1.47. The number of hydrogen-bond acceptors (Lipinski definition) is 4. The minimum Gasteiger partial charge on any atom is -0.494 e. The van der Waals surface area contributed by atoms with Crippen molar-refractivity contribution in [1.29, 1.82) is 5.26 Å². The molecule has 0 unspecified atom stereocenters. The first-order valence-electron chi connectivity index (χ1n) is 7.19. The third kappa shape index (κ3) is 7.01. The van der Waals surface area contributed by atoms with Gasteiger partial charge in [-0.05, 0) is 36.6 Å². The molecule has 4 heteroatoms. The van der Waals surface area contributed by atoms with Gasteiger partial charge in [0.1, 0.15) is 5.75 Å². The van der Waals surface area contributed by atoms with Crippen LogP contribution in [-0.4, -0.2) is 31.1 Å². The maximum Gasteiger partial charge on any atom is 0.119 e. The summed E-state index contributed by atoms with van der Waals surface area (Å²) in [7, 11) is 0. The lowest BCUT2D eigenvalue weighted by atomic mass is 10.2. The van der Waals surface area contributed by atoms with E-state index in [0.717, 1.165) is 37.5 Å². The van der Waals surface area contributed by atoms with Crippen molar-refractivity contribution in [2.45, 2.75) is 26.7 Å². The van der Waals surface area contributed by atoms with E-state index in [1.54, 1.807) is 0 Å². The van der Waals surface area contributed by atoms with E-state index in [0.29, 0.717) is 18.9 Å². The van der Waals surface area contributed by atoms with Crippen LogP contribution in [0, 0.1) is 17.2 Å². The van der Waals surface area contributed by atoms with Crippen LogP contribution < -0.4 is 10.5 Å². The van der Waals surface area contributed by atoms with Crippen molar-refractivity contribution in [2.75, 3.05) is 32.0 Å². The Labute approximate surface area is 122 Å². The normalized spacial score (nSPS) is 10.8. The fourth-order valence-electron chi connectivity index (χ4n) is 2.06. The molecule has 0 spiro atoms. The van der Waals surface area contributed by atoms with Gasteiger partial charge in [-0.25, -0.2) is 0 Å². The van der Waals surface area contributed by atoms with Gasteiger partial charge >= 0.3 is 0 Å². The number of anilines is 1.